The van der Waals surface area contributed by atoms with Crippen molar-refractivity contribution in [3.8, 4) is 0 Å². The highest BCUT2D eigenvalue weighted by atomic mass is 16.5. The monoisotopic (exact) mass is 198 g/mol. The van der Waals surface area contributed by atoms with Gasteiger partial charge in [-0.25, -0.2) is 0 Å². The Morgan fingerprint density at radius 3 is 2.57 bits per heavy atom. The molecular formula is C11H22N2O. The summed E-state index contributed by atoms with van der Waals surface area (Å²) in [6.45, 7) is 5.91. The topological polar surface area (TPSA) is 47.3 Å². The molecule has 3 nitrogen and oxygen atoms in total. The summed E-state index contributed by atoms with van der Waals surface area (Å²) in [4.78, 5) is 0. The summed E-state index contributed by atoms with van der Waals surface area (Å²) in [7, 11) is 0. The molecule has 82 valence electrons. The number of ether oxygens (including phenoxy) is 1. The van der Waals surface area contributed by atoms with E-state index < -0.39 is 0 Å². The van der Waals surface area contributed by atoms with Crippen molar-refractivity contribution >= 4 is 0 Å². The van der Waals surface area contributed by atoms with Crippen LogP contribution in [0.1, 0.15) is 32.6 Å². The van der Waals surface area contributed by atoms with Crippen molar-refractivity contribution in [3.05, 3.63) is 0 Å². The molecule has 3 N–H and O–H groups in total. The molecule has 14 heavy (non-hydrogen) atoms. The minimum absolute atomic E-state index is 0.206. The largest absolute Gasteiger partial charge is 0.379 e. The van der Waals surface area contributed by atoms with Crippen LogP contribution in [0.5, 0.6) is 0 Å². The fourth-order valence-electron chi connectivity index (χ4n) is 2.34. The summed E-state index contributed by atoms with van der Waals surface area (Å²) in [6, 6.07) is 0. The summed E-state index contributed by atoms with van der Waals surface area (Å²) in [5.41, 5.74) is 6.44. The quantitative estimate of drug-likeness (QED) is 0.705. The molecule has 0 aromatic heterocycles. The van der Waals surface area contributed by atoms with E-state index in [4.69, 9.17) is 10.5 Å². The van der Waals surface area contributed by atoms with Crippen molar-refractivity contribution < 1.29 is 4.74 Å². The fraction of sp³-hybridized carbons (Fsp3) is 1.00. The molecular weight excluding hydrogens is 176 g/mol. The van der Waals surface area contributed by atoms with Crippen LogP contribution >= 0.6 is 0 Å². The second-order valence-electron chi connectivity index (χ2n) is 5.27. The third kappa shape index (κ3) is 1.95. The maximum Gasteiger partial charge on any atom is 0.0646 e. The van der Waals surface area contributed by atoms with Crippen molar-refractivity contribution in [1.82, 2.24) is 5.32 Å². The third-order valence-corrected chi connectivity index (χ3v) is 3.96. The molecule has 1 heterocycles. The smallest absolute Gasteiger partial charge is 0.0646 e. The first-order valence-corrected chi connectivity index (χ1v) is 5.71. The third-order valence-electron chi connectivity index (χ3n) is 3.96. The number of nitrogens with one attached hydrogen (secondary N) is 1. The van der Waals surface area contributed by atoms with Gasteiger partial charge in [-0.3, -0.25) is 0 Å². The normalized spacial score (nSPS) is 35.6. The molecule has 1 aliphatic heterocycles. The Hall–Kier alpha value is -0.120. The second kappa shape index (κ2) is 3.80. The van der Waals surface area contributed by atoms with Crippen LogP contribution in [0.3, 0.4) is 0 Å². The van der Waals surface area contributed by atoms with Gasteiger partial charge in [-0.2, -0.15) is 0 Å². The minimum Gasteiger partial charge on any atom is -0.379 e. The lowest BCUT2D eigenvalue weighted by Crippen LogP contribution is -2.52. The van der Waals surface area contributed by atoms with Crippen molar-refractivity contribution in [2.75, 3.05) is 26.3 Å². The highest BCUT2D eigenvalue weighted by Crippen LogP contribution is 2.39. The average Bonchev–Trinajstić information content (AvgIpc) is 2.52. The van der Waals surface area contributed by atoms with Gasteiger partial charge in [0.1, 0.15) is 0 Å². The molecule has 2 rings (SSSR count). The second-order valence-corrected chi connectivity index (χ2v) is 5.27. The summed E-state index contributed by atoms with van der Waals surface area (Å²) >= 11 is 0. The maximum atomic E-state index is 5.83. The van der Waals surface area contributed by atoms with E-state index in [2.05, 4.69) is 12.2 Å². The first-order valence-electron chi connectivity index (χ1n) is 5.71. The van der Waals surface area contributed by atoms with Crippen molar-refractivity contribution in [1.29, 1.82) is 0 Å². The Labute approximate surface area is 86.4 Å². The highest BCUT2D eigenvalue weighted by Gasteiger charge is 2.38. The van der Waals surface area contributed by atoms with E-state index in [-0.39, 0.29) is 5.54 Å². The van der Waals surface area contributed by atoms with E-state index in [9.17, 15) is 0 Å². The van der Waals surface area contributed by atoms with E-state index in [0.717, 1.165) is 32.7 Å². The van der Waals surface area contributed by atoms with Gasteiger partial charge in [0.15, 0.2) is 0 Å². The van der Waals surface area contributed by atoms with E-state index in [1.807, 2.05) is 0 Å². The lowest BCUT2D eigenvalue weighted by atomic mass is 9.68. The summed E-state index contributed by atoms with van der Waals surface area (Å²) in [6.07, 6.45) is 5.08. The molecule has 0 spiro atoms. The first kappa shape index (κ1) is 10.4. The lowest BCUT2D eigenvalue weighted by molar-refractivity contribution is 0.115. The lowest BCUT2D eigenvalue weighted by Gasteiger charge is -2.43. The molecule has 1 saturated heterocycles. The van der Waals surface area contributed by atoms with Crippen molar-refractivity contribution in [2.45, 2.75) is 38.1 Å². The fourth-order valence-corrected chi connectivity index (χ4v) is 2.34. The van der Waals surface area contributed by atoms with Crippen LogP contribution < -0.4 is 11.1 Å². The zero-order valence-corrected chi connectivity index (χ0v) is 9.14. The van der Waals surface area contributed by atoms with Gasteiger partial charge in [-0.15, -0.1) is 0 Å². The first-order chi connectivity index (χ1) is 6.68. The van der Waals surface area contributed by atoms with Gasteiger partial charge in [-0.1, -0.05) is 6.42 Å². The van der Waals surface area contributed by atoms with Gasteiger partial charge in [-0.05, 0) is 38.1 Å². The zero-order chi connectivity index (χ0) is 10.1. The van der Waals surface area contributed by atoms with Crippen molar-refractivity contribution in [2.24, 2.45) is 11.1 Å². The molecule has 1 aliphatic carbocycles. The standard InChI is InChI=1S/C11H22N2O/c1-10(5-6-14-9-10)13-8-11(7-12)3-2-4-11/h13H,2-9,12H2,1H3. The van der Waals surface area contributed by atoms with Crippen LogP contribution in [0.2, 0.25) is 0 Å². The Morgan fingerprint density at radius 2 is 2.14 bits per heavy atom. The van der Waals surface area contributed by atoms with Gasteiger partial charge < -0.3 is 15.8 Å². The van der Waals surface area contributed by atoms with Crippen LogP contribution in [0, 0.1) is 5.41 Å². The van der Waals surface area contributed by atoms with E-state index in [1.165, 1.54) is 19.3 Å². The predicted molar refractivity (Wildman–Crippen MR) is 57.2 cm³/mol. The minimum atomic E-state index is 0.206. The Morgan fingerprint density at radius 1 is 1.36 bits per heavy atom. The molecule has 1 atom stereocenters. The maximum absolute atomic E-state index is 5.83. The summed E-state index contributed by atoms with van der Waals surface area (Å²) < 4.78 is 5.42. The summed E-state index contributed by atoms with van der Waals surface area (Å²) in [5, 5.41) is 3.65. The average molecular weight is 198 g/mol. The molecule has 0 bridgehead atoms. The molecule has 1 unspecified atom stereocenters. The Bertz CT molecular complexity index is 188. The van der Waals surface area contributed by atoms with Crippen LogP contribution in [0.25, 0.3) is 0 Å². The molecule has 0 amide bonds. The SMILES string of the molecule is CC1(NCC2(CN)CCC2)CCOC1. The van der Waals surface area contributed by atoms with Crippen LogP contribution in [0.15, 0.2) is 0 Å². The molecule has 0 aromatic carbocycles. The van der Waals surface area contributed by atoms with Crippen LogP contribution in [-0.4, -0.2) is 31.8 Å². The van der Waals surface area contributed by atoms with Gasteiger partial charge >= 0.3 is 0 Å². The van der Waals surface area contributed by atoms with Gasteiger partial charge in [0.05, 0.1) is 6.61 Å². The van der Waals surface area contributed by atoms with Crippen LogP contribution in [-0.2, 0) is 4.74 Å². The molecule has 3 heteroatoms. The Kier molecular flexibility index (Phi) is 2.82. The van der Waals surface area contributed by atoms with E-state index in [0.29, 0.717) is 5.41 Å². The van der Waals surface area contributed by atoms with Crippen molar-refractivity contribution in [3.63, 3.8) is 0 Å². The number of nitrogens with two attached hydrogens (primary N) is 1. The number of rotatable bonds is 4. The molecule has 1 saturated carbocycles. The Balaban J connectivity index is 1.80. The van der Waals surface area contributed by atoms with E-state index >= 15 is 0 Å². The van der Waals surface area contributed by atoms with E-state index in [1.54, 1.807) is 0 Å². The molecule has 0 aromatic rings. The highest BCUT2D eigenvalue weighted by molar-refractivity contribution is 4.95. The van der Waals surface area contributed by atoms with Gasteiger partial charge in [0.2, 0.25) is 0 Å². The van der Waals surface area contributed by atoms with Gasteiger partial charge in [0, 0.05) is 18.7 Å². The van der Waals surface area contributed by atoms with Gasteiger partial charge in [0.25, 0.3) is 0 Å². The molecule has 0 radical (unpaired) electrons. The zero-order valence-electron chi connectivity index (χ0n) is 9.14. The predicted octanol–water partition coefficient (Wildman–Crippen LogP) is 0.884. The van der Waals surface area contributed by atoms with Crippen LogP contribution in [0.4, 0.5) is 0 Å². The number of hydrogen-bond acceptors (Lipinski definition) is 3. The molecule has 2 fully saturated rings. The molecule has 2 aliphatic rings. The summed E-state index contributed by atoms with van der Waals surface area (Å²) in [5.74, 6) is 0. The number of hydrogen-bond donors (Lipinski definition) is 2.